The molecule has 1 unspecified atom stereocenters. The molecule has 0 amide bonds. The van der Waals surface area contributed by atoms with Crippen LogP contribution in [0.4, 0.5) is 17.6 Å². The summed E-state index contributed by atoms with van der Waals surface area (Å²) in [6, 6.07) is 1.65. The van der Waals surface area contributed by atoms with Crippen molar-refractivity contribution in [1.29, 1.82) is 0 Å². The standard InChI is InChI=1S/C11H14F4N2O/c12-9-4-7(10(6-16)17-1-2-18)3-8(5-9)11(13,14)15/h3-5,10,17-18H,1-2,6,16H2. The number of hydrogen-bond acceptors (Lipinski definition) is 3. The highest BCUT2D eigenvalue weighted by molar-refractivity contribution is 5.29. The first-order valence-electron chi connectivity index (χ1n) is 5.30. The average molecular weight is 266 g/mol. The molecule has 1 rings (SSSR count). The van der Waals surface area contributed by atoms with Crippen LogP contribution in [0.5, 0.6) is 0 Å². The molecule has 0 aliphatic carbocycles. The molecule has 1 aromatic rings. The van der Waals surface area contributed by atoms with Crippen LogP contribution in [0.1, 0.15) is 17.2 Å². The van der Waals surface area contributed by atoms with E-state index in [2.05, 4.69) is 5.32 Å². The fourth-order valence-electron chi connectivity index (χ4n) is 1.55. The predicted octanol–water partition coefficient (Wildman–Crippen LogP) is 1.43. The van der Waals surface area contributed by atoms with Gasteiger partial charge in [0.1, 0.15) is 5.82 Å². The van der Waals surface area contributed by atoms with E-state index < -0.39 is 23.6 Å². The Bertz CT molecular complexity index is 395. The molecule has 0 bridgehead atoms. The van der Waals surface area contributed by atoms with Crippen molar-refractivity contribution in [2.24, 2.45) is 5.73 Å². The molecule has 0 radical (unpaired) electrons. The van der Waals surface area contributed by atoms with Crippen molar-refractivity contribution in [1.82, 2.24) is 5.32 Å². The molecule has 0 aromatic heterocycles. The number of aliphatic hydroxyl groups excluding tert-OH is 1. The van der Waals surface area contributed by atoms with Crippen molar-refractivity contribution in [2.75, 3.05) is 19.7 Å². The Kier molecular flexibility index (Phi) is 5.06. The zero-order valence-electron chi connectivity index (χ0n) is 9.47. The van der Waals surface area contributed by atoms with E-state index in [0.717, 1.165) is 12.1 Å². The van der Waals surface area contributed by atoms with Gasteiger partial charge in [-0.15, -0.1) is 0 Å². The highest BCUT2D eigenvalue weighted by Crippen LogP contribution is 2.31. The molecule has 0 aliphatic heterocycles. The van der Waals surface area contributed by atoms with E-state index in [9.17, 15) is 17.6 Å². The number of benzene rings is 1. The van der Waals surface area contributed by atoms with E-state index in [1.165, 1.54) is 0 Å². The molecular formula is C11H14F4N2O. The first kappa shape index (κ1) is 14.9. The van der Waals surface area contributed by atoms with Gasteiger partial charge in [-0.25, -0.2) is 4.39 Å². The maximum Gasteiger partial charge on any atom is 0.416 e. The number of alkyl halides is 3. The van der Waals surface area contributed by atoms with E-state index in [4.69, 9.17) is 10.8 Å². The molecule has 7 heteroatoms. The Morgan fingerprint density at radius 2 is 1.94 bits per heavy atom. The third-order valence-corrected chi connectivity index (χ3v) is 2.39. The quantitative estimate of drug-likeness (QED) is 0.707. The highest BCUT2D eigenvalue weighted by Gasteiger charge is 2.31. The molecule has 0 spiro atoms. The fourth-order valence-corrected chi connectivity index (χ4v) is 1.55. The van der Waals surface area contributed by atoms with Gasteiger partial charge in [0.15, 0.2) is 0 Å². The van der Waals surface area contributed by atoms with E-state index >= 15 is 0 Å². The molecule has 0 aliphatic rings. The lowest BCUT2D eigenvalue weighted by Crippen LogP contribution is -2.30. The number of hydrogen-bond donors (Lipinski definition) is 3. The third kappa shape index (κ3) is 3.94. The minimum Gasteiger partial charge on any atom is -0.395 e. The maximum atomic E-state index is 13.2. The van der Waals surface area contributed by atoms with Crippen molar-refractivity contribution in [2.45, 2.75) is 12.2 Å². The second-order valence-electron chi connectivity index (χ2n) is 3.74. The summed E-state index contributed by atoms with van der Waals surface area (Å²) < 4.78 is 50.7. The molecule has 18 heavy (non-hydrogen) atoms. The van der Waals surface area contributed by atoms with Crippen molar-refractivity contribution in [3.8, 4) is 0 Å². The van der Waals surface area contributed by atoms with Gasteiger partial charge in [-0.05, 0) is 23.8 Å². The Morgan fingerprint density at radius 1 is 1.28 bits per heavy atom. The van der Waals surface area contributed by atoms with Crippen LogP contribution >= 0.6 is 0 Å². The Morgan fingerprint density at radius 3 is 2.44 bits per heavy atom. The smallest absolute Gasteiger partial charge is 0.395 e. The summed E-state index contributed by atoms with van der Waals surface area (Å²) in [5.41, 5.74) is 4.46. The van der Waals surface area contributed by atoms with Crippen molar-refractivity contribution >= 4 is 0 Å². The molecule has 0 heterocycles. The Labute approximate surface area is 102 Å². The van der Waals surface area contributed by atoms with E-state index in [-0.39, 0.29) is 25.3 Å². The number of rotatable bonds is 5. The number of nitrogens with two attached hydrogens (primary N) is 1. The summed E-state index contributed by atoms with van der Waals surface area (Å²) in [7, 11) is 0. The lowest BCUT2D eigenvalue weighted by atomic mass is 10.0. The van der Waals surface area contributed by atoms with Crippen LogP contribution in [0.3, 0.4) is 0 Å². The molecular weight excluding hydrogens is 252 g/mol. The lowest BCUT2D eigenvalue weighted by Gasteiger charge is -2.18. The van der Waals surface area contributed by atoms with Crippen LogP contribution in [0.25, 0.3) is 0 Å². The number of nitrogens with one attached hydrogen (secondary N) is 1. The average Bonchev–Trinajstić information content (AvgIpc) is 2.28. The molecule has 1 atom stereocenters. The van der Waals surface area contributed by atoms with Crippen LogP contribution < -0.4 is 11.1 Å². The molecule has 3 nitrogen and oxygen atoms in total. The topological polar surface area (TPSA) is 58.3 Å². The largest absolute Gasteiger partial charge is 0.416 e. The van der Waals surface area contributed by atoms with Gasteiger partial charge in [0.25, 0.3) is 0 Å². The molecule has 0 saturated carbocycles. The van der Waals surface area contributed by atoms with Crippen molar-refractivity contribution in [3.05, 3.63) is 35.1 Å². The third-order valence-electron chi connectivity index (χ3n) is 2.39. The zero-order valence-corrected chi connectivity index (χ0v) is 9.47. The van der Waals surface area contributed by atoms with Crippen molar-refractivity contribution < 1.29 is 22.7 Å². The van der Waals surface area contributed by atoms with Gasteiger partial charge in [-0.2, -0.15) is 13.2 Å². The van der Waals surface area contributed by atoms with Gasteiger partial charge < -0.3 is 16.2 Å². The van der Waals surface area contributed by atoms with Gasteiger partial charge in [-0.3, -0.25) is 0 Å². The van der Waals surface area contributed by atoms with Gasteiger partial charge >= 0.3 is 6.18 Å². The van der Waals surface area contributed by atoms with Gasteiger partial charge in [0, 0.05) is 19.1 Å². The molecule has 4 N–H and O–H groups in total. The first-order valence-corrected chi connectivity index (χ1v) is 5.30. The molecule has 0 saturated heterocycles. The van der Waals surface area contributed by atoms with Gasteiger partial charge in [0.05, 0.1) is 12.2 Å². The highest BCUT2D eigenvalue weighted by atomic mass is 19.4. The number of halogens is 4. The number of aliphatic hydroxyl groups is 1. The SMILES string of the molecule is NCC(NCCO)c1cc(F)cc(C(F)(F)F)c1. The summed E-state index contributed by atoms with van der Waals surface area (Å²) in [4.78, 5) is 0. The summed E-state index contributed by atoms with van der Waals surface area (Å²) in [5, 5.41) is 11.4. The molecule has 102 valence electrons. The monoisotopic (exact) mass is 266 g/mol. The van der Waals surface area contributed by atoms with Crippen molar-refractivity contribution in [3.63, 3.8) is 0 Å². The van der Waals surface area contributed by atoms with Crippen LogP contribution in [-0.4, -0.2) is 24.8 Å². The minimum absolute atomic E-state index is 0.000745. The molecule has 1 aromatic carbocycles. The normalized spacial score (nSPS) is 13.7. The summed E-state index contributed by atoms with van der Waals surface area (Å²) in [6.45, 7) is -0.0155. The second-order valence-corrected chi connectivity index (χ2v) is 3.74. The summed E-state index contributed by atoms with van der Waals surface area (Å²) in [5.74, 6) is -0.968. The summed E-state index contributed by atoms with van der Waals surface area (Å²) in [6.07, 6.45) is -4.60. The molecule has 0 fully saturated rings. The zero-order chi connectivity index (χ0) is 13.8. The second kappa shape index (κ2) is 6.12. The van der Waals surface area contributed by atoms with Crippen LogP contribution in [-0.2, 0) is 6.18 Å². The van der Waals surface area contributed by atoms with Gasteiger partial charge in [0.2, 0.25) is 0 Å². The Hall–Kier alpha value is -1.18. The van der Waals surface area contributed by atoms with Crippen LogP contribution in [0.15, 0.2) is 18.2 Å². The van der Waals surface area contributed by atoms with E-state index in [1.807, 2.05) is 0 Å². The van der Waals surface area contributed by atoms with Gasteiger partial charge in [-0.1, -0.05) is 0 Å². The maximum absolute atomic E-state index is 13.2. The van der Waals surface area contributed by atoms with E-state index in [0.29, 0.717) is 6.07 Å². The minimum atomic E-state index is -4.60. The van der Waals surface area contributed by atoms with E-state index in [1.54, 1.807) is 0 Å². The first-order chi connectivity index (χ1) is 8.38. The predicted molar refractivity (Wildman–Crippen MR) is 58.3 cm³/mol. The van der Waals surface area contributed by atoms with Crippen LogP contribution in [0.2, 0.25) is 0 Å². The summed E-state index contributed by atoms with van der Waals surface area (Å²) >= 11 is 0. The van der Waals surface area contributed by atoms with Crippen LogP contribution in [0, 0.1) is 5.82 Å². The fraction of sp³-hybridized carbons (Fsp3) is 0.455. The lowest BCUT2D eigenvalue weighted by molar-refractivity contribution is -0.137. The Balaban J connectivity index is 3.04.